The minimum absolute atomic E-state index is 0.0687. The summed E-state index contributed by atoms with van der Waals surface area (Å²) in [6.07, 6.45) is -0.747. The predicted octanol–water partition coefficient (Wildman–Crippen LogP) is 1.75. The quantitative estimate of drug-likeness (QED) is 0.813. The van der Waals surface area contributed by atoms with Crippen LogP contribution in [0.15, 0.2) is 18.2 Å². The molecule has 1 rings (SSSR count). The van der Waals surface area contributed by atoms with Gasteiger partial charge < -0.3 is 15.8 Å². The molecule has 4 nitrogen and oxygen atoms in total. The van der Waals surface area contributed by atoms with Gasteiger partial charge in [0.1, 0.15) is 11.6 Å². The minimum Gasteiger partial charge on any atom is -0.481 e. The van der Waals surface area contributed by atoms with E-state index in [1.807, 2.05) is 13.8 Å². The van der Waals surface area contributed by atoms with Crippen LogP contribution in [-0.4, -0.2) is 18.6 Å². The molecule has 1 amide bonds. The molecule has 0 saturated carbocycles. The fourth-order valence-corrected chi connectivity index (χ4v) is 1.63. The van der Waals surface area contributed by atoms with Gasteiger partial charge in [-0.05, 0) is 38.6 Å². The lowest BCUT2D eigenvalue weighted by atomic mass is 10.1. The fourth-order valence-electron chi connectivity index (χ4n) is 1.63. The Morgan fingerprint density at radius 1 is 1.50 bits per heavy atom. The van der Waals surface area contributed by atoms with Crippen LogP contribution in [-0.2, 0) is 4.79 Å². The largest absolute Gasteiger partial charge is 0.481 e. The van der Waals surface area contributed by atoms with Crippen molar-refractivity contribution in [3.8, 4) is 5.75 Å². The number of carbonyl (C=O) groups is 1. The van der Waals surface area contributed by atoms with Gasteiger partial charge in [0.2, 0.25) is 0 Å². The molecule has 0 fully saturated rings. The normalized spacial score (nSPS) is 14.0. The maximum atomic E-state index is 13.3. The SMILES string of the molecule is CCNC(C)c1cc(F)ccc1OC(C)C(N)=O. The average molecular weight is 254 g/mol. The van der Waals surface area contributed by atoms with Crippen molar-refractivity contribution in [3.05, 3.63) is 29.6 Å². The first-order valence-corrected chi connectivity index (χ1v) is 5.94. The number of primary amides is 1. The minimum atomic E-state index is -0.747. The van der Waals surface area contributed by atoms with E-state index in [0.717, 1.165) is 6.54 Å². The van der Waals surface area contributed by atoms with Crippen LogP contribution in [0.3, 0.4) is 0 Å². The summed E-state index contributed by atoms with van der Waals surface area (Å²) in [7, 11) is 0. The number of nitrogens with one attached hydrogen (secondary N) is 1. The summed E-state index contributed by atoms with van der Waals surface area (Å²) in [5, 5.41) is 3.17. The number of halogens is 1. The summed E-state index contributed by atoms with van der Waals surface area (Å²) in [6.45, 7) is 6.18. The molecule has 100 valence electrons. The molecule has 18 heavy (non-hydrogen) atoms. The Labute approximate surface area is 106 Å². The lowest BCUT2D eigenvalue weighted by Gasteiger charge is -2.19. The van der Waals surface area contributed by atoms with Crippen LogP contribution in [0.2, 0.25) is 0 Å². The molecule has 0 heterocycles. The summed E-state index contributed by atoms with van der Waals surface area (Å²) < 4.78 is 18.7. The van der Waals surface area contributed by atoms with Gasteiger partial charge in [0.05, 0.1) is 0 Å². The van der Waals surface area contributed by atoms with E-state index in [-0.39, 0.29) is 11.9 Å². The summed E-state index contributed by atoms with van der Waals surface area (Å²) in [6, 6.07) is 4.14. The Bertz CT molecular complexity index is 423. The molecule has 0 radical (unpaired) electrons. The standard InChI is InChI=1S/C13H19FN2O2/c1-4-16-8(2)11-7-10(14)5-6-12(11)18-9(3)13(15)17/h5-9,16H,4H2,1-3H3,(H2,15,17). The second-order valence-corrected chi connectivity index (χ2v) is 4.12. The third kappa shape index (κ3) is 3.70. The van der Waals surface area contributed by atoms with E-state index in [2.05, 4.69) is 5.32 Å². The molecule has 3 N–H and O–H groups in total. The van der Waals surface area contributed by atoms with Crippen LogP contribution in [0, 0.1) is 5.82 Å². The van der Waals surface area contributed by atoms with Crippen molar-refractivity contribution in [1.29, 1.82) is 0 Å². The highest BCUT2D eigenvalue weighted by atomic mass is 19.1. The van der Waals surface area contributed by atoms with Crippen molar-refractivity contribution >= 4 is 5.91 Å². The molecule has 0 spiro atoms. The summed E-state index contributed by atoms with van der Waals surface area (Å²) >= 11 is 0. The van der Waals surface area contributed by atoms with Gasteiger partial charge in [-0.2, -0.15) is 0 Å². The van der Waals surface area contributed by atoms with Gasteiger partial charge in [-0.1, -0.05) is 6.92 Å². The molecule has 0 bridgehead atoms. The van der Waals surface area contributed by atoms with E-state index in [9.17, 15) is 9.18 Å². The van der Waals surface area contributed by atoms with Crippen LogP contribution in [0.1, 0.15) is 32.4 Å². The van der Waals surface area contributed by atoms with Crippen molar-refractivity contribution in [1.82, 2.24) is 5.32 Å². The summed E-state index contributed by atoms with van der Waals surface area (Å²) in [5.41, 5.74) is 5.82. The Morgan fingerprint density at radius 3 is 2.72 bits per heavy atom. The number of hydrogen-bond acceptors (Lipinski definition) is 3. The smallest absolute Gasteiger partial charge is 0.258 e. The molecule has 5 heteroatoms. The Balaban J connectivity index is 2.99. The molecule has 1 aromatic carbocycles. The molecule has 1 aromatic rings. The molecule has 0 aliphatic carbocycles. The van der Waals surface area contributed by atoms with Crippen LogP contribution in [0.5, 0.6) is 5.75 Å². The molecule has 0 saturated heterocycles. The van der Waals surface area contributed by atoms with Crippen LogP contribution < -0.4 is 15.8 Å². The molecule has 2 unspecified atom stereocenters. The monoisotopic (exact) mass is 254 g/mol. The van der Waals surface area contributed by atoms with Gasteiger partial charge in [0, 0.05) is 11.6 Å². The first-order chi connectivity index (χ1) is 8.45. The zero-order valence-electron chi connectivity index (χ0n) is 10.9. The van der Waals surface area contributed by atoms with Crippen molar-refractivity contribution in [2.24, 2.45) is 5.73 Å². The van der Waals surface area contributed by atoms with Gasteiger partial charge >= 0.3 is 0 Å². The van der Waals surface area contributed by atoms with Crippen molar-refractivity contribution in [3.63, 3.8) is 0 Å². The van der Waals surface area contributed by atoms with E-state index in [1.54, 1.807) is 6.92 Å². The Morgan fingerprint density at radius 2 is 2.17 bits per heavy atom. The zero-order valence-corrected chi connectivity index (χ0v) is 10.9. The average Bonchev–Trinajstić information content (AvgIpc) is 2.31. The highest BCUT2D eigenvalue weighted by Gasteiger charge is 2.16. The van der Waals surface area contributed by atoms with Crippen molar-refractivity contribution < 1.29 is 13.9 Å². The molecule has 2 atom stereocenters. The van der Waals surface area contributed by atoms with E-state index >= 15 is 0 Å². The van der Waals surface area contributed by atoms with E-state index < -0.39 is 12.0 Å². The third-order valence-corrected chi connectivity index (χ3v) is 2.65. The van der Waals surface area contributed by atoms with E-state index in [4.69, 9.17) is 10.5 Å². The number of hydrogen-bond donors (Lipinski definition) is 2. The first kappa shape index (κ1) is 14.4. The highest BCUT2D eigenvalue weighted by molar-refractivity contribution is 5.78. The topological polar surface area (TPSA) is 64.3 Å². The molecular formula is C13H19FN2O2. The molecule has 0 aliphatic rings. The highest BCUT2D eigenvalue weighted by Crippen LogP contribution is 2.26. The second kappa shape index (κ2) is 6.35. The predicted molar refractivity (Wildman–Crippen MR) is 67.8 cm³/mol. The second-order valence-electron chi connectivity index (χ2n) is 4.12. The van der Waals surface area contributed by atoms with Crippen LogP contribution in [0.25, 0.3) is 0 Å². The summed E-state index contributed by atoms with van der Waals surface area (Å²) in [5.74, 6) is -0.425. The van der Waals surface area contributed by atoms with Crippen LogP contribution in [0.4, 0.5) is 4.39 Å². The van der Waals surface area contributed by atoms with Crippen LogP contribution >= 0.6 is 0 Å². The first-order valence-electron chi connectivity index (χ1n) is 5.94. The number of nitrogens with two attached hydrogens (primary N) is 1. The van der Waals surface area contributed by atoms with Gasteiger partial charge in [0.25, 0.3) is 5.91 Å². The molecule has 0 aliphatic heterocycles. The maximum absolute atomic E-state index is 13.3. The van der Waals surface area contributed by atoms with E-state index in [0.29, 0.717) is 11.3 Å². The number of rotatable bonds is 6. The maximum Gasteiger partial charge on any atom is 0.258 e. The number of amides is 1. The number of carbonyl (C=O) groups excluding carboxylic acids is 1. The van der Waals surface area contributed by atoms with Crippen molar-refractivity contribution in [2.75, 3.05) is 6.54 Å². The van der Waals surface area contributed by atoms with Gasteiger partial charge in [-0.25, -0.2) is 4.39 Å². The third-order valence-electron chi connectivity index (χ3n) is 2.65. The lowest BCUT2D eigenvalue weighted by molar-refractivity contribution is -0.124. The van der Waals surface area contributed by atoms with Gasteiger partial charge in [-0.3, -0.25) is 4.79 Å². The summed E-state index contributed by atoms with van der Waals surface area (Å²) in [4.78, 5) is 11.0. The fraction of sp³-hybridized carbons (Fsp3) is 0.462. The van der Waals surface area contributed by atoms with Crippen molar-refractivity contribution in [2.45, 2.75) is 32.9 Å². The zero-order chi connectivity index (χ0) is 13.7. The van der Waals surface area contributed by atoms with E-state index in [1.165, 1.54) is 18.2 Å². The number of benzene rings is 1. The molecular weight excluding hydrogens is 235 g/mol. The Hall–Kier alpha value is -1.62. The molecule has 0 aromatic heterocycles. The number of ether oxygens (including phenoxy) is 1. The van der Waals surface area contributed by atoms with Gasteiger partial charge in [-0.15, -0.1) is 0 Å². The lowest BCUT2D eigenvalue weighted by Crippen LogP contribution is -2.31. The van der Waals surface area contributed by atoms with Gasteiger partial charge in [0.15, 0.2) is 6.10 Å². The Kier molecular flexibility index (Phi) is 5.09.